The zero-order chi connectivity index (χ0) is 27.8. The summed E-state index contributed by atoms with van der Waals surface area (Å²) in [5.74, 6) is 1.16. The maximum Gasteiger partial charge on any atom is 0.407 e. The van der Waals surface area contributed by atoms with Crippen LogP contribution in [0, 0.1) is 0 Å². The van der Waals surface area contributed by atoms with Crippen LogP contribution < -0.4 is 14.8 Å². The number of hydrogen-bond donors (Lipinski definition) is 1. The van der Waals surface area contributed by atoms with Crippen LogP contribution in [0.3, 0.4) is 0 Å². The van der Waals surface area contributed by atoms with Crippen LogP contribution in [0.2, 0.25) is 0 Å². The maximum absolute atomic E-state index is 11.7. The number of carbonyl (C=O) groups is 2. The van der Waals surface area contributed by atoms with Gasteiger partial charge in [0, 0.05) is 12.0 Å². The SMILES string of the molecule is COC(=O)c1coc(COc2ccc(C(C)(C)c3ccc(OCCCNC(=O)OC(C)(C)C)cc3)cc2)n1. The summed E-state index contributed by atoms with van der Waals surface area (Å²) < 4.78 is 26.6. The molecule has 3 aromatic rings. The van der Waals surface area contributed by atoms with E-state index in [0.29, 0.717) is 25.3 Å². The summed E-state index contributed by atoms with van der Waals surface area (Å²) in [4.78, 5) is 27.2. The van der Waals surface area contributed by atoms with Crippen molar-refractivity contribution in [2.75, 3.05) is 20.3 Å². The van der Waals surface area contributed by atoms with Crippen LogP contribution in [0.1, 0.15) is 68.5 Å². The number of esters is 1. The zero-order valence-electron chi connectivity index (χ0n) is 22.8. The average molecular weight is 525 g/mol. The van der Waals surface area contributed by atoms with Crippen LogP contribution in [0.15, 0.2) is 59.2 Å². The smallest absolute Gasteiger partial charge is 0.407 e. The van der Waals surface area contributed by atoms with E-state index in [9.17, 15) is 9.59 Å². The third-order valence-corrected chi connectivity index (χ3v) is 5.72. The van der Waals surface area contributed by atoms with Crippen molar-refractivity contribution in [1.29, 1.82) is 0 Å². The van der Waals surface area contributed by atoms with Gasteiger partial charge in [-0.1, -0.05) is 38.1 Å². The summed E-state index contributed by atoms with van der Waals surface area (Å²) in [6.07, 6.45) is 1.49. The van der Waals surface area contributed by atoms with Gasteiger partial charge in [-0.15, -0.1) is 0 Å². The molecule has 1 aromatic heterocycles. The van der Waals surface area contributed by atoms with Crippen LogP contribution in [-0.2, 0) is 21.5 Å². The third kappa shape index (κ3) is 8.26. The Hall–Kier alpha value is -4.01. The topological polar surface area (TPSA) is 109 Å². The predicted molar refractivity (Wildman–Crippen MR) is 142 cm³/mol. The first-order valence-corrected chi connectivity index (χ1v) is 12.4. The molecule has 0 saturated heterocycles. The van der Waals surface area contributed by atoms with Crippen LogP contribution >= 0.6 is 0 Å². The largest absolute Gasteiger partial charge is 0.494 e. The molecule has 1 heterocycles. The van der Waals surface area contributed by atoms with Gasteiger partial charge in [0.1, 0.15) is 23.4 Å². The molecule has 38 heavy (non-hydrogen) atoms. The van der Waals surface area contributed by atoms with Gasteiger partial charge in [-0.25, -0.2) is 14.6 Å². The maximum atomic E-state index is 11.7. The molecule has 9 heteroatoms. The molecule has 0 radical (unpaired) electrons. The van der Waals surface area contributed by atoms with Crippen molar-refractivity contribution in [3.05, 3.63) is 77.5 Å². The normalized spacial score (nSPS) is 11.5. The van der Waals surface area contributed by atoms with E-state index in [-0.39, 0.29) is 23.6 Å². The molecule has 3 rings (SSSR count). The highest BCUT2D eigenvalue weighted by atomic mass is 16.6. The highest BCUT2D eigenvalue weighted by molar-refractivity contribution is 5.86. The molecular formula is C29H36N2O7. The minimum absolute atomic E-state index is 0.0955. The predicted octanol–water partition coefficient (Wildman–Crippen LogP) is 5.66. The first-order chi connectivity index (χ1) is 18.0. The third-order valence-electron chi connectivity index (χ3n) is 5.72. The molecule has 0 bridgehead atoms. The van der Waals surface area contributed by atoms with Gasteiger partial charge in [-0.2, -0.15) is 0 Å². The monoisotopic (exact) mass is 524 g/mol. The van der Waals surface area contributed by atoms with E-state index >= 15 is 0 Å². The standard InChI is InChI=1S/C29H36N2O7/c1-28(2,3)38-27(33)30-16-7-17-35-22-12-8-20(9-13-22)29(4,5)21-10-14-23(15-11-21)36-19-25-31-24(18-37-25)26(32)34-6/h8-15,18H,7,16-17,19H2,1-6H3,(H,30,33). The Morgan fingerprint density at radius 2 is 1.47 bits per heavy atom. The lowest BCUT2D eigenvalue weighted by Crippen LogP contribution is -2.33. The first-order valence-electron chi connectivity index (χ1n) is 12.4. The molecule has 9 nitrogen and oxygen atoms in total. The molecule has 2 aromatic carbocycles. The molecule has 0 saturated carbocycles. The number of amides is 1. The van der Waals surface area contributed by atoms with Gasteiger partial charge in [0.05, 0.1) is 13.7 Å². The Bertz CT molecular complexity index is 1190. The molecule has 0 aliphatic heterocycles. The van der Waals surface area contributed by atoms with Gasteiger partial charge in [0.25, 0.3) is 0 Å². The van der Waals surface area contributed by atoms with Crippen LogP contribution in [-0.4, -0.2) is 42.9 Å². The second-order valence-electron chi connectivity index (χ2n) is 10.2. The van der Waals surface area contributed by atoms with E-state index in [1.807, 2.05) is 57.2 Å². The fourth-order valence-electron chi connectivity index (χ4n) is 3.59. The zero-order valence-corrected chi connectivity index (χ0v) is 22.8. The van der Waals surface area contributed by atoms with E-state index in [2.05, 4.69) is 41.0 Å². The van der Waals surface area contributed by atoms with Gasteiger partial charge in [0.2, 0.25) is 5.89 Å². The second kappa shape index (κ2) is 12.5. The first kappa shape index (κ1) is 28.6. The van der Waals surface area contributed by atoms with Crippen molar-refractivity contribution in [2.24, 2.45) is 0 Å². The molecule has 0 atom stereocenters. The Kier molecular flexibility index (Phi) is 9.39. The van der Waals surface area contributed by atoms with Crippen molar-refractivity contribution >= 4 is 12.1 Å². The summed E-state index contributed by atoms with van der Waals surface area (Å²) in [5.41, 5.74) is 1.61. The minimum Gasteiger partial charge on any atom is -0.494 e. The number of carbonyl (C=O) groups excluding carboxylic acids is 2. The molecule has 204 valence electrons. The van der Waals surface area contributed by atoms with Crippen LogP contribution in [0.25, 0.3) is 0 Å². The van der Waals surface area contributed by atoms with Crippen molar-refractivity contribution < 1.29 is 33.0 Å². The molecule has 0 spiro atoms. The lowest BCUT2D eigenvalue weighted by Gasteiger charge is -2.26. The lowest BCUT2D eigenvalue weighted by molar-refractivity contribution is 0.0524. The molecule has 1 N–H and O–H groups in total. The number of rotatable bonds is 11. The van der Waals surface area contributed by atoms with Crippen molar-refractivity contribution in [2.45, 2.75) is 58.7 Å². The Balaban J connectivity index is 1.48. The molecule has 0 aliphatic rings. The molecule has 0 unspecified atom stereocenters. The van der Waals surface area contributed by atoms with Crippen molar-refractivity contribution in [3.8, 4) is 11.5 Å². The Labute approximate surface area is 223 Å². The molecular weight excluding hydrogens is 488 g/mol. The minimum atomic E-state index is -0.557. The fourth-order valence-corrected chi connectivity index (χ4v) is 3.59. The van der Waals surface area contributed by atoms with Crippen molar-refractivity contribution in [3.63, 3.8) is 0 Å². The average Bonchev–Trinajstić information content (AvgIpc) is 3.35. The van der Waals surface area contributed by atoms with Crippen LogP contribution in [0.4, 0.5) is 4.79 Å². The number of methoxy groups -OCH3 is 1. The number of oxazole rings is 1. The summed E-state index contributed by atoms with van der Waals surface area (Å²) in [6, 6.07) is 15.8. The van der Waals surface area contributed by atoms with E-state index < -0.39 is 17.7 Å². The van der Waals surface area contributed by atoms with Gasteiger partial charge in [0.15, 0.2) is 12.3 Å². The highest BCUT2D eigenvalue weighted by Crippen LogP contribution is 2.33. The fraction of sp³-hybridized carbons (Fsp3) is 0.414. The van der Waals surface area contributed by atoms with E-state index in [1.54, 1.807) is 0 Å². The number of aromatic nitrogens is 1. The molecule has 1 amide bonds. The quantitative estimate of drug-likeness (QED) is 0.253. The highest BCUT2D eigenvalue weighted by Gasteiger charge is 2.23. The summed E-state index contributed by atoms with van der Waals surface area (Å²) in [7, 11) is 1.29. The molecule has 0 aliphatic carbocycles. The van der Waals surface area contributed by atoms with E-state index in [0.717, 1.165) is 16.9 Å². The summed E-state index contributed by atoms with van der Waals surface area (Å²) in [6.45, 7) is 10.9. The number of nitrogens with one attached hydrogen (secondary N) is 1. The van der Waals surface area contributed by atoms with Crippen LogP contribution in [0.5, 0.6) is 11.5 Å². The van der Waals surface area contributed by atoms with E-state index in [1.165, 1.54) is 13.4 Å². The number of ether oxygens (including phenoxy) is 4. The van der Waals surface area contributed by atoms with Gasteiger partial charge >= 0.3 is 12.1 Å². The van der Waals surface area contributed by atoms with Gasteiger partial charge in [-0.3, -0.25) is 0 Å². The molecule has 0 fully saturated rings. The number of hydrogen-bond acceptors (Lipinski definition) is 8. The van der Waals surface area contributed by atoms with Crippen molar-refractivity contribution in [1.82, 2.24) is 10.3 Å². The Morgan fingerprint density at radius 1 is 0.895 bits per heavy atom. The number of nitrogens with zero attached hydrogens (tertiary/aromatic N) is 1. The van der Waals surface area contributed by atoms with E-state index in [4.69, 9.17) is 18.6 Å². The summed E-state index contributed by atoms with van der Waals surface area (Å²) >= 11 is 0. The van der Waals surface area contributed by atoms with Gasteiger partial charge < -0.3 is 28.7 Å². The number of benzene rings is 2. The van der Waals surface area contributed by atoms with Gasteiger partial charge in [-0.05, 0) is 62.6 Å². The second-order valence-corrected chi connectivity index (χ2v) is 10.2. The number of alkyl carbamates (subject to hydrolysis) is 1. The lowest BCUT2D eigenvalue weighted by atomic mass is 9.78. The Morgan fingerprint density at radius 3 is 2.03 bits per heavy atom. The summed E-state index contributed by atoms with van der Waals surface area (Å²) in [5, 5.41) is 2.73.